The van der Waals surface area contributed by atoms with Gasteiger partial charge in [0.15, 0.2) is 0 Å². The third-order valence-electron chi connectivity index (χ3n) is 6.92. The highest BCUT2D eigenvalue weighted by atomic mass is 32.2. The van der Waals surface area contributed by atoms with Crippen molar-refractivity contribution < 1.29 is 15.0 Å². The number of allylic oxidation sites excluding steroid dienone is 2. The van der Waals surface area contributed by atoms with Crippen LogP contribution in [0.25, 0.3) is 0 Å². The molecule has 3 aliphatic rings. The Balaban J connectivity index is 1.43. The summed E-state index contributed by atoms with van der Waals surface area (Å²) in [5.41, 5.74) is 0. The maximum atomic E-state index is 10.6. The van der Waals surface area contributed by atoms with Gasteiger partial charge in [-0.05, 0) is 75.5 Å². The van der Waals surface area contributed by atoms with E-state index in [0.29, 0.717) is 5.92 Å². The highest BCUT2D eigenvalue weighted by Crippen LogP contribution is 2.55. The van der Waals surface area contributed by atoms with E-state index in [4.69, 9.17) is 5.11 Å². The fourth-order valence-corrected chi connectivity index (χ4v) is 7.51. The molecule has 0 spiro atoms. The van der Waals surface area contributed by atoms with Crippen LogP contribution < -0.4 is 0 Å². The molecular formula is C22H36O3S. The van der Waals surface area contributed by atoms with Gasteiger partial charge in [-0.1, -0.05) is 31.4 Å². The van der Waals surface area contributed by atoms with Crippen LogP contribution >= 0.6 is 11.8 Å². The lowest BCUT2D eigenvalue weighted by atomic mass is 9.74. The molecule has 26 heavy (non-hydrogen) atoms. The second-order valence-corrected chi connectivity index (χ2v) is 10.1. The molecule has 0 aromatic heterocycles. The van der Waals surface area contributed by atoms with Crippen molar-refractivity contribution >= 4 is 17.7 Å². The summed E-state index contributed by atoms with van der Waals surface area (Å²) in [6, 6.07) is 0. The van der Waals surface area contributed by atoms with Crippen molar-refractivity contribution in [3.63, 3.8) is 0 Å². The number of aliphatic carboxylic acids is 1. The molecule has 0 aromatic rings. The van der Waals surface area contributed by atoms with Gasteiger partial charge in [0, 0.05) is 16.9 Å². The fourth-order valence-electron chi connectivity index (χ4n) is 5.46. The minimum atomic E-state index is -0.695. The van der Waals surface area contributed by atoms with Crippen LogP contribution in [0.15, 0.2) is 12.2 Å². The zero-order valence-corrected chi connectivity index (χ0v) is 16.8. The van der Waals surface area contributed by atoms with E-state index in [-0.39, 0.29) is 12.5 Å². The maximum absolute atomic E-state index is 10.6. The first-order chi connectivity index (χ1) is 12.6. The fraction of sp³-hybridized carbons (Fsp3) is 0.864. The Morgan fingerprint density at radius 3 is 2.50 bits per heavy atom. The lowest BCUT2D eigenvalue weighted by molar-refractivity contribution is -0.137. The summed E-state index contributed by atoms with van der Waals surface area (Å²) in [6.07, 6.45) is 18.8. The largest absolute Gasteiger partial charge is 0.481 e. The van der Waals surface area contributed by atoms with Crippen LogP contribution in [0.2, 0.25) is 0 Å². The van der Waals surface area contributed by atoms with Crippen LogP contribution in [-0.4, -0.2) is 32.8 Å². The number of hydrogen-bond donors (Lipinski definition) is 2. The van der Waals surface area contributed by atoms with E-state index in [9.17, 15) is 9.90 Å². The molecule has 3 nitrogen and oxygen atoms in total. The number of unbranched alkanes of at least 4 members (excludes halogenated alkanes) is 1. The number of thioether (sulfide) groups is 1. The number of rotatable bonds is 10. The van der Waals surface area contributed by atoms with E-state index in [1.807, 2.05) is 0 Å². The summed E-state index contributed by atoms with van der Waals surface area (Å²) < 4.78 is 0. The Bertz CT molecular complexity index is 472. The van der Waals surface area contributed by atoms with Gasteiger partial charge in [0.25, 0.3) is 0 Å². The first-order valence-electron chi connectivity index (χ1n) is 10.9. The number of fused-ring (bicyclic) bond motifs is 2. The molecule has 0 amide bonds. The van der Waals surface area contributed by atoms with Crippen molar-refractivity contribution in [1.82, 2.24) is 0 Å². The first kappa shape index (κ1) is 20.3. The highest BCUT2D eigenvalue weighted by molar-refractivity contribution is 8.01. The SMILES string of the molecule is O=C(O)CCCC=CC[C@H]1[C@@H](CCC(O)C2CCCCC2)[C@H]2CC[C@@H]1S2. The molecule has 2 aliphatic heterocycles. The Hall–Kier alpha value is -0.480. The van der Waals surface area contributed by atoms with E-state index in [2.05, 4.69) is 23.9 Å². The zero-order valence-electron chi connectivity index (χ0n) is 16.0. The van der Waals surface area contributed by atoms with Gasteiger partial charge >= 0.3 is 5.97 Å². The van der Waals surface area contributed by atoms with Crippen molar-refractivity contribution in [3.8, 4) is 0 Å². The van der Waals surface area contributed by atoms with E-state index in [0.717, 1.165) is 48.0 Å². The lowest BCUT2D eigenvalue weighted by Crippen LogP contribution is -2.29. The molecule has 2 saturated heterocycles. The molecule has 1 unspecified atom stereocenters. The quantitative estimate of drug-likeness (QED) is 0.392. The summed E-state index contributed by atoms with van der Waals surface area (Å²) in [7, 11) is 0. The van der Waals surface area contributed by atoms with Crippen LogP contribution in [0.5, 0.6) is 0 Å². The Morgan fingerprint density at radius 2 is 1.77 bits per heavy atom. The van der Waals surface area contributed by atoms with Gasteiger partial charge in [-0.3, -0.25) is 4.79 Å². The summed E-state index contributed by atoms with van der Waals surface area (Å²) in [4.78, 5) is 10.6. The van der Waals surface area contributed by atoms with Crippen LogP contribution in [0, 0.1) is 17.8 Å². The molecule has 0 radical (unpaired) electrons. The molecule has 3 rings (SSSR count). The summed E-state index contributed by atoms with van der Waals surface area (Å²) >= 11 is 2.21. The molecule has 0 aromatic carbocycles. The molecule has 4 heteroatoms. The van der Waals surface area contributed by atoms with Gasteiger partial charge < -0.3 is 10.2 Å². The second-order valence-electron chi connectivity index (χ2n) is 8.65. The molecule has 5 atom stereocenters. The second kappa shape index (κ2) is 10.2. The van der Waals surface area contributed by atoms with Gasteiger partial charge in [0.05, 0.1) is 6.10 Å². The monoisotopic (exact) mass is 380 g/mol. The number of carboxylic acid groups (broad SMARTS) is 1. The van der Waals surface area contributed by atoms with Crippen molar-refractivity contribution in [3.05, 3.63) is 12.2 Å². The van der Waals surface area contributed by atoms with Gasteiger partial charge in [-0.2, -0.15) is 11.8 Å². The topological polar surface area (TPSA) is 57.5 Å². The van der Waals surface area contributed by atoms with Gasteiger partial charge in [0.1, 0.15) is 0 Å². The molecule has 2 N–H and O–H groups in total. The van der Waals surface area contributed by atoms with Crippen LogP contribution in [0.1, 0.15) is 83.5 Å². The minimum absolute atomic E-state index is 0.0772. The molecule has 2 heterocycles. The van der Waals surface area contributed by atoms with E-state index < -0.39 is 5.97 Å². The van der Waals surface area contributed by atoms with Crippen LogP contribution in [-0.2, 0) is 4.79 Å². The van der Waals surface area contributed by atoms with E-state index in [1.165, 1.54) is 51.4 Å². The summed E-state index contributed by atoms with van der Waals surface area (Å²) in [5, 5.41) is 21.0. The number of aliphatic hydroxyl groups is 1. The number of carboxylic acids is 1. The zero-order chi connectivity index (χ0) is 18.4. The lowest BCUT2D eigenvalue weighted by Gasteiger charge is -2.32. The predicted octanol–water partition coefficient (Wildman–Crippen LogP) is 5.42. The van der Waals surface area contributed by atoms with Crippen molar-refractivity contribution in [2.75, 3.05) is 0 Å². The van der Waals surface area contributed by atoms with Gasteiger partial charge in [-0.15, -0.1) is 0 Å². The number of hydrogen-bond acceptors (Lipinski definition) is 3. The van der Waals surface area contributed by atoms with Crippen LogP contribution in [0.4, 0.5) is 0 Å². The Labute approximate surface area is 163 Å². The van der Waals surface area contributed by atoms with Crippen LogP contribution in [0.3, 0.4) is 0 Å². The predicted molar refractivity (Wildman–Crippen MR) is 108 cm³/mol. The molecular weight excluding hydrogens is 344 g/mol. The van der Waals surface area contributed by atoms with E-state index >= 15 is 0 Å². The smallest absolute Gasteiger partial charge is 0.303 e. The van der Waals surface area contributed by atoms with Crippen molar-refractivity contribution in [1.29, 1.82) is 0 Å². The Morgan fingerprint density at radius 1 is 1.04 bits per heavy atom. The summed E-state index contributed by atoms with van der Waals surface area (Å²) in [5.74, 6) is 1.41. The summed E-state index contributed by atoms with van der Waals surface area (Å²) in [6.45, 7) is 0. The molecule has 1 saturated carbocycles. The van der Waals surface area contributed by atoms with Crippen molar-refractivity contribution in [2.45, 2.75) is 100 Å². The third kappa shape index (κ3) is 5.51. The molecule has 3 fully saturated rings. The average Bonchev–Trinajstić information content (AvgIpc) is 3.24. The van der Waals surface area contributed by atoms with Gasteiger partial charge in [0.2, 0.25) is 0 Å². The van der Waals surface area contributed by atoms with Crippen molar-refractivity contribution in [2.24, 2.45) is 17.8 Å². The standard InChI is InChI=1S/C22H36O3S/c23-19(16-8-4-3-5-9-16)13-12-18-17(20-14-15-21(18)26-20)10-6-1-2-7-11-22(24)25/h1,6,16-21,23H,2-5,7-15H2,(H,24,25)/t17-,18+,19?,20-,21+/m0/s1. The highest BCUT2D eigenvalue weighted by Gasteiger charge is 2.47. The number of aliphatic hydroxyl groups excluding tert-OH is 1. The first-order valence-corrected chi connectivity index (χ1v) is 11.8. The normalized spacial score (nSPS) is 33.1. The molecule has 148 valence electrons. The average molecular weight is 381 g/mol. The van der Waals surface area contributed by atoms with Gasteiger partial charge in [-0.25, -0.2) is 0 Å². The van der Waals surface area contributed by atoms with E-state index in [1.54, 1.807) is 0 Å². The maximum Gasteiger partial charge on any atom is 0.303 e. The molecule has 1 aliphatic carbocycles. The third-order valence-corrected chi connectivity index (χ3v) is 8.79. The number of carbonyl (C=O) groups is 1. The molecule has 2 bridgehead atoms. The minimum Gasteiger partial charge on any atom is -0.481 e. The Kier molecular flexibility index (Phi) is 7.92.